The molecule has 0 aliphatic carbocycles. The van der Waals surface area contributed by atoms with Gasteiger partial charge in [0.05, 0.1) is 22.9 Å². The third kappa shape index (κ3) is 6.58. The highest BCUT2D eigenvalue weighted by Crippen LogP contribution is 2.25. The van der Waals surface area contributed by atoms with Crippen molar-refractivity contribution in [2.24, 2.45) is 0 Å². The molecule has 2 aromatic heterocycles. The lowest BCUT2D eigenvalue weighted by molar-refractivity contribution is -0.113. The lowest BCUT2D eigenvalue weighted by Gasteiger charge is -2.11. The molecule has 0 spiro atoms. The number of carbonyl (C=O) groups is 2. The highest BCUT2D eigenvalue weighted by molar-refractivity contribution is 9.10. The first kappa shape index (κ1) is 25.6. The average Bonchev–Trinajstić information content (AvgIpc) is 3.42. The quantitative estimate of drug-likeness (QED) is 0.264. The molecule has 0 unspecified atom stereocenters. The van der Waals surface area contributed by atoms with Gasteiger partial charge in [-0.2, -0.15) is 0 Å². The summed E-state index contributed by atoms with van der Waals surface area (Å²) in [6.07, 6.45) is 0. The number of halogens is 3. The first-order valence-corrected chi connectivity index (χ1v) is 13.3. The predicted molar refractivity (Wildman–Crippen MR) is 141 cm³/mol. The molecule has 35 heavy (non-hydrogen) atoms. The second-order valence-electron chi connectivity index (χ2n) is 6.98. The van der Waals surface area contributed by atoms with Crippen LogP contribution in [0.2, 0.25) is 10.0 Å². The van der Waals surface area contributed by atoms with Gasteiger partial charge in [0.1, 0.15) is 5.01 Å². The Labute approximate surface area is 226 Å². The number of aromatic nitrogens is 5. The van der Waals surface area contributed by atoms with E-state index in [0.29, 0.717) is 26.7 Å². The SMILES string of the molecule is Cc1nnc(NC(=O)CSc2nnc(CNC(=O)c3ccc(Cl)cc3Cl)n2-c2ccc(Br)cc2)s1. The van der Waals surface area contributed by atoms with Crippen molar-refractivity contribution in [2.75, 3.05) is 11.1 Å². The highest BCUT2D eigenvalue weighted by atomic mass is 79.9. The van der Waals surface area contributed by atoms with E-state index in [1.54, 1.807) is 16.7 Å². The van der Waals surface area contributed by atoms with Crippen molar-refractivity contribution in [2.45, 2.75) is 18.6 Å². The van der Waals surface area contributed by atoms with Gasteiger partial charge in [-0.15, -0.1) is 20.4 Å². The van der Waals surface area contributed by atoms with Crippen LogP contribution in [0, 0.1) is 6.92 Å². The normalized spacial score (nSPS) is 10.9. The molecule has 2 N–H and O–H groups in total. The van der Waals surface area contributed by atoms with Crippen LogP contribution in [0.5, 0.6) is 0 Å². The minimum atomic E-state index is -0.377. The van der Waals surface area contributed by atoms with Gasteiger partial charge in [-0.1, -0.05) is 62.2 Å². The van der Waals surface area contributed by atoms with Crippen molar-refractivity contribution in [1.82, 2.24) is 30.3 Å². The number of amides is 2. The molecule has 180 valence electrons. The smallest absolute Gasteiger partial charge is 0.253 e. The largest absolute Gasteiger partial charge is 0.345 e. The summed E-state index contributed by atoms with van der Waals surface area (Å²) in [5.74, 6) is -0.0601. The Morgan fingerprint density at radius 3 is 2.54 bits per heavy atom. The maximum atomic E-state index is 12.7. The van der Waals surface area contributed by atoms with Crippen LogP contribution in [0.4, 0.5) is 5.13 Å². The zero-order valence-electron chi connectivity index (χ0n) is 18.0. The minimum absolute atomic E-state index is 0.0810. The van der Waals surface area contributed by atoms with Gasteiger partial charge in [-0.3, -0.25) is 19.5 Å². The van der Waals surface area contributed by atoms with Crippen LogP contribution in [-0.2, 0) is 11.3 Å². The van der Waals surface area contributed by atoms with E-state index in [-0.39, 0.29) is 29.1 Å². The van der Waals surface area contributed by atoms with Gasteiger partial charge in [0.15, 0.2) is 11.0 Å². The van der Waals surface area contributed by atoms with Crippen LogP contribution in [0.15, 0.2) is 52.1 Å². The molecule has 4 aromatic rings. The fraction of sp³-hybridized carbons (Fsp3) is 0.143. The minimum Gasteiger partial charge on any atom is -0.345 e. The summed E-state index contributed by atoms with van der Waals surface area (Å²) in [5.41, 5.74) is 1.07. The fourth-order valence-electron chi connectivity index (χ4n) is 2.92. The van der Waals surface area contributed by atoms with E-state index in [1.165, 1.54) is 29.2 Å². The van der Waals surface area contributed by atoms with Gasteiger partial charge in [0, 0.05) is 15.2 Å². The van der Waals surface area contributed by atoms with Crippen LogP contribution in [0.1, 0.15) is 21.2 Å². The van der Waals surface area contributed by atoms with Gasteiger partial charge in [-0.25, -0.2) is 0 Å². The Morgan fingerprint density at radius 2 is 1.86 bits per heavy atom. The molecule has 0 aliphatic rings. The Hall–Kier alpha value is -2.51. The fourth-order valence-corrected chi connectivity index (χ4v) is 5.06. The molecule has 4 rings (SSSR count). The molecule has 0 saturated heterocycles. The van der Waals surface area contributed by atoms with Crippen LogP contribution in [-0.4, -0.2) is 42.5 Å². The summed E-state index contributed by atoms with van der Waals surface area (Å²) in [7, 11) is 0. The first-order chi connectivity index (χ1) is 16.8. The second-order valence-corrected chi connectivity index (χ2v) is 10.9. The van der Waals surface area contributed by atoms with Crippen molar-refractivity contribution < 1.29 is 9.59 Å². The van der Waals surface area contributed by atoms with Crippen molar-refractivity contribution in [3.05, 3.63) is 73.4 Å². The molecule has 14 heteroatoms. The van der Waals surface area contributed by atoms with E-state index in [9.17, 15) is 9.59 Å². The molecule has 0 saturated carbocycles. The van der Waals surface area contributed by atoms with Gasteiger partial charge in [0.25, 0.3) is 5.91 Å². The van der Waals surface area contributed by atoms with Crippen molar-refractivity contribution >= 4 is 79.2 Å². The summed E-state index contributed by atoms with van der Waals surface area (Å²) in [6.45, 7) is 1.89. The molecule has 2 aromatic carbocycles. The molecule has 0 aliphatic heterocycles. The summed E-state index contributed by atoms with van der Waals surface area (Å²) < 4.78 is 2.69. The van der Waals surface area contributed by atoms with E-state index >= 15 is 0 Å². The van der Waals surface area contributed by atoms with E-state index in [0.717, 1.165) is 15.2 Å². The lowest BCUT2D eigenvalue weighted by Crippen LogP contribution is -2.25. The number of nitrogens with one attached hydrogen (secondary N) is 2. The van der Waals surface area contributed by atoms with Gasteiger partial charge in [0.2, 0.25) is 11.0 Å². The third-order valence-electron chi connectivity index (χ3n) is 4.47. The molecule has 0 fully saturated rings. The Kier molecular flexibility index (Phi) is 8.39. The van der Waals surface area contributed by atoms with Gasteiger partial charge < -0.3 is 5.32 Å². The molecule has 2 amide bonds. The summed E-state index contributed by atoms with van der Waals surface area (Å²) in [5, 5.41) is 24.2. The monoisotopic (exact) mass is 611 g/mol. The number of rotatable bonds is 8. The molecule has 0 bridgehead atoms. The Balaban J connectivity index is 1.51. The van der Waals surface area contributed by atoms with Crippen molar-refractivity contribution in [1.29, 1.82) is 0 Å². The zero-order chi connectivity index (χ0) is 24.9. The number of nitrogens with zero attached hydrogens (tertiary/aromatic N) is 5. The van der Waals surface area contributed by atoms with Crippen molar-refractivity contribution in [3.63, 3.8) is 0 Å². The molecule has 0 radical (unpaired) electrons. The summed E-state index contributed by atoms with van der Waals surface area (Å²) in [4.78, 5) is 25.1. The van der Waals surface area contributed by atoms with Crippen LogP contribution < -0.4 is 10.6 Å². The highest BCUT2D eigenvalue weighted by Gasteiger charge is 2.18. The standard InChI is InChI=1S/C21H16BrCl2N7O2S2/c1-11-27-29-20(35-11)26-18(32)10-34-21-30-28-17(31(21)14-5-2-12(22)3-6-14)9-25-19(33)15-7-4-13(23)8-16(15)24/h2-8H,9-10H2,1H3,(H,25,33)(H,26,29,32). The average molecular weight is 613 g/mol. The van der Waals surface area contributed by atoms with Crippen LogP contribution >= 0.6 is 62.2 Å². The maximum absolute atomic E-state index is 12.7. The number of hydrogen-bond donors (Lipinski definition) is 2. The topological polar surface area (TPSA) is 115 Å². The zero-order valence-corrected chi connectivity index (χ0v) is 22.7. The second kappa shape index (κ2) is 11.5. The number of thioether (sulfide) groups is 1. The molecular formula is C21H16BrCl2N7O2S2. The first-order valence-electron chi connectivity index (χ1n) is 9.96. The van der Waals surface area contributed by atoms with E-state index in [4.69, 9.17) is 23.2 Å². The van der Waals surface area contributed by atoms with Gasteiger partial charge in [-0.05, 0) is 49.4 Å². The van der Waals surface area contributed by atoms with E-state index < -0.39 is 0 Å². The van der Waals surface area contributed by atoms with Gasteiger partial charge >= 0.3 is 0 Å². The van der Waals surface area contributed by atoms with Crippen molar-refractivity contribution in [3.8, 4) is 5.69 Å². The Morgan fingerprint density at radius 1 is 1.09 bits per heavy atom. The number of aryl methyl sites for hydroxylation is 1. The number of hydrogen-bond acceptors (Lipinski definition) is 8. The number of anilines is 1. The molecule has 0 atom stereocenters. The summed E-state index contributed by atoms with van der Waals surface area (Å²) in [6, 6.07) is 12.2. The Bertz CT molecular complexity index is 1380. The van der Waals surface area contributed by atoms with E-state index in [1.807, 2.05) is 31.2 Å². The van der Waals surface area contributed by atoms with Crippen LogP contribution in [0.25, 0.3) is 5.69 Å². The summed E-state index contributed by atoms with van der Waals surface area (Å²) >= 11 is 18.0. The number of benzene rings is 2. The third-order valence-corrected chi connectivity index (χ3v) is 7.23. The predicted octanol–water partition coefficient (Wildman–Crippen LogP) is 5.16. The number of carbonyl (C=O) groups excluding carboxylic acids is 2. The lowest BCUT2D eigenvalue weighted by atomic mass is 10.2. The molecule has 9 nitrogen and oxygen atoms in total. The van der Waals surface area contributed by atoms with Crippen LogP contribution in [0.3, 0.4) is 0 Å². The molecule has 2 heterocycles. The maximum Gasteiger partial charge on any atom is 0.253 e. The molecular weight excluding hydrogens is 597 g/mol. The van der Waals surface area contributed by atoms with E-state index in [2.05, 4.69) is 47.0 Å².